The van der Waals surface area contributed by atoms with E-state index >= 15 is 0 Å². The van der Waals surface area contributed by atoms with Gasteiger partial charge in [-0.2, -0.15) is 0 Å². The molecular weight excluding hydrogens is 444 g/mol. The molecule has 0 spiro atoms. The molecule has 0 aliphatic rings. The zero-order valence-corrected chi connectivity index (χ0v) is 24.5. The molecule has 3 atom stereocenters. The van der Waals surface area contributed by atoms with E-state index in [0.717, 1.165) is 5.56 Å². The Bertz CT molecular complexity index is 789. The summed E-state index contributed by atoms with van der Waals surface area (Å²) in [5.41, 5.74) is 1.02. The molecule has 0 aliphatic carbocycles. The fraction of sp³-hybridized carbons (Fsp3) is 0.593. The van der Waals surface area contributed by atoms with Crippen molar-refractivity contribution < 1.29 is 18.4 Å². The van der Waals surface area contributed by atoms with Crippen LogP contribution in [0.2, 0.25) is 36.3 Å². The molecule has 0 aromatic heterocycles. The Morgan fingerprint density at radius 2 is 1.39 bits per heavy atom. The van der Waals surface area contributed by atoms with E-state index in [0.29, 0.717) is 6.42 Å². The normalized spacial score (nSPS) is 15.9. The zero-order valence-electron chi connectivity index (χ0n) is 22.5. The maximum absolute atomic E-state index is 12.3. The second kappa shape index (κ2) is 11.3. The van der Waals surface area contributed by atoms with Gasteiger partial charge < -0.3 is 13.6 Å². The lowest BCUT2D eigenvalue weighted by molar-refractivity contribution is -0.152. The third-order valence-electron chi connectivity index (χ3n) is 7.09. The van der Waals surface area contributed by atoms with Crippen LogP contribution in [0.3, 0.4) is 0 Å². The lowest BCUT2D eigenvalue weighted by Gasteiger charge is -2.46. The number of carbonyl (C=O) groups is 1. The van der Waals surface area contributed by atoms with E-state index in [2.05, 4.69) is 93.0 Å². The summed E-state index contributed by atoms with van der Waals surface area (Å²) in [5.74, 6) is -0.468. The number of ether oxygens (including phenoxy) is 1. The minimum absolute atomic E-state index is 0.00722. The summed E-state index contributed by atoms with van der Waals surface area (Å²) < 4.78 is 19.9. The Morgan fingerprint density at radius 3 is 1.82 bits per heavy atom. The third-order valence-corrected chi connectivity index (χ3v) is 16.0. The van der Waals surface area contributed by atoms with Crippen LogP contribution in [0.25, 0.3) is 0 Å². The minimum Gasteiger partial charge on any atom is -0.456 e. The van der Waals surface area contributed by atoms with Gasteiger partial charge in [0.15, 0.2) is 16.6 Å². The van der Waals surface area contributed by atoms with Gasteiger partial charge >= 0.3 is 5.97 Å². The van der Waals surface area contributed by atoms with Crippen molar-refractivity contribution in [1.82, 2.24) is 0 Å². The smallest absolute Gasteiger partial charge is 0.330 e. The zero-order chi connectivity index (χ0) is 25.7. The van der Waals surface area contributed by atoms with Crippen LogP contribution in [0, 0.1) is 0 Å². The molecule has 0 bridgehead atoms. The molecule has 0 fully saturated rings. The van der Waals surface area contributed by atoms with Gasteiger partial charge in [-0.15, -0.1) is 6.58 Å². The highest BCUT2D eigenvalue weighted by Crippen LogP contribution is 2.44. The quantitative estimate of drug-likeness (QED) is 0.137. The van der Waals surface area contributed by atoms with Crippen molar-refractivity contribution >= 4 is 22.6 Å². The molecule has 0 N–H and O–H groups in total. The summed E-state index contributed by atoms with van der Waals surface area (Å²) in [6, 6.07) is 10.2. The number of hydrogen-bond acceptors (Lipinski definition) is 4. The predicted molar refractivity (Wildman–Crippen MR) is 144 cm³/mol. The maximum Gasteiger partial charge on any atom is 0.330 e. The monoisotopic (exact) mass is 490 g/mol. The van der Waals surface area contributed by atoms with Gasteiger partial charge in [0.05, 0.1) is 6.10 Å². The molecule has 1 aromatic carbocycles. The lowest BCUT2D eigenvalue weighted by atomic mass is 9.98. The molecule has 0 heterocycles. The van der Waals surface area contributed by atoms with Gasteiger partial charge in [0.1, 0.15) is 12.2 Å². The highest BCUT2D eigenvalue weighted by Gasteiger charge is 2.47. The number of carbonyl (C=O) groups excluding carboxylic acids is 1. The van der Waals surface area contributed by atoms with Crippen LogP contribution in [0.4, 0.5) is 0 Å². The first-order valence-electron chi connectivity index (χ1n) is 11.8. The number of esters is 1. The molecule has 1 rings (SSSR count). The van der Waals surface area contributed by atoms with E-state index in [4.69, 9.17) is 13.6 Å². The Kier molecular flexibility index (Phi) is 10.1. The molecule has 0 radical (unpaired) electrons. The molecule has 0 saturated carbocycles. The van der Waals surface area contributed by atoms with Gasteiger partial charge in [-0.3, -0.25) is 0 Å². The highest BCUT2D eigenvalue weighted by atomic mass is 28.4. The summed E-state index contributed by atoms with van der Waals surface area (Å²) in [6.45, 7) is 29.7. The molecule has 1 aromatic rings. The van der Waals surface area contributed by atoms with Gasteiger partial charge in [0, 0.05) is 12.5 Å². The summed E-state index contributed by atoms with van der Waals surface area (Å²) in [7, 11) is -4.46. The molecule has 0 saturated heterocycles. The lowest BCUT2D eigenvalue weighted by Crippen LogP contribution is -2.53. The first-order valence-corrected chi connectivity index (χ1v) is 17.6. The molecule has 0 unspecified atom stereocenters. The first-order chi connectivity index (χ1) is 15.0. The van der Waals surface area contributed by atoms with E-state index in [9.17, 15) is 4.79 Å². The molecule has 4 nitrogen and oxygen atoms in total. The summed E-state index contributed by atoms with van der Waals surface area (Å²) in [4.78, 5) is 12.3. The molecule has 6 heteroatoms. The topological polar surface area (TPSA) is 44.8 Å². The van der Waals surface area contributed by atoms with Crippen molar-refractivity contribution in [2.45, 2.75) is 103 Å². The van der Waals surface area contributed by atoms with Gasteiger partial charge in [0.25, 0.3) is 0 Å². The van der Waals surface area contributed by atoms with Crippen LogP contribution in [0.1, 0.15) is 59.6 Å². The van der Waals surface area contributed by atoms with Crippen molar-refractivity contribution in [2.75, 3.05) is 0 Å². The Morgan fingerprint density at radius 1 is 0.909 bits per heavy atom. The Balaban J connectivity index is 3.70. The van der Waals surface area contributed by atoms with Crippen LogP contribution >= 0.6 is 0 Å². The molecule has 0 amide bonds. The standard InChI is InChI=1S/C27H46O4Si2/c1-13-18-22(29-23(28)14-2)25(31-33(11,12)27(6,7)8)24(21-19-16-15-17-20-21)30-32(9,10)26(3,4)5/h13-17,19-20,22,24-25H,1-2,18H2,3-12H3/t22-,24+,25-/m0/s1. The van der Waals surface area contributed by atoms with E-state index < -0.39 is 34.8 Å². The summed E-state index contributed by atoms with van der Waals surface area (Å²) >= 11 is 0. The van der Waals surface area contributed by atoms with Crippen LogP contribution in [-0.4, -0.2) is 34.8 Å². The average molecular weight is 491 g/mol. The molecule has 0 aliphatic heterocycles. The van der Waals surface area contributed by atoms with Gasteiger partial charge in [-0.05, 0) is 41.8 Å². The van der Waals surface area contributed by atoms with E-state index in [-0.39, 0.29) is 16.2 Å². The largest absolute Gasteiger partial charge is 0.456 e. The Labute approximate surface area is 204 Å². The highest BCUT2D eigenvalue weighted by molar-refractivity contribution is 6.74. The number of benzene rings is 1. The van der Waals surface area contributed by atoms with Crippen molar-refractivity contribution in [2.24, 2.45) is 0 Å². The van der Waals surface area contributed by atoms with E-state index in [1.165, 1.54) is 6.08 Å². The van der Waals surface area contributed by atoms with Gasteiger partial charge in [0.2, 0.25) is 0 Å². The van der Waals surface area contributed by atoms with Crippen LogP contribution < -0.4 is 0 Å². The molecule has 33 heavy (non-hydrogen) atoms. The summed E-state index contributed by atoms with van der Waals surface area (Å²) in [5, 5.41) is -0.0160. The Hall–Kier alpha value is -1.48. The third kappa shape index (κ3) is 8.06. The van der Waals surface area contributed by atoms with Crippen molar-refractivity contribution in [3.05, 3.63) is 61.2 Å². The van der Waals surface area contributed by atoms with Crippen LogP contribution in [0.15, 0.2) is 55.6 Å². The number of rotatable bonds is 11. The van der Waals surface area contributed by atoms with Gasteiger partial charge in [-0.25, -0.2) is 4.79 Å². The van der Waals surface area contributed by atoms with Crippen LogP contribution in [-0.2, 0) is 18.4 Å². The minimum atomic E-state index is -2.25. The fourth-order valence-corrected chi connectivity index (χ4v) is 5.49. The SMILES string of the molecule is C=CC[C@H](OC(=O)C=C)[C@H](O[Si](C)(C)C(C)(C)C)[C@H](O[Si](C)(C)C(C)(C)C)c1ccccc1. The maximum atomic E-state index is 12.3. The number of hydrogen-bond donors (Lipinski definition) is 0. The first kappa shape index (κ1) is 29.6. The van der Waals surface area contributed by atoms with Crippen molar-refractivity contribution in [1.29, 1.82) is 0 Å². The fourth-order valence-electron chi connectivity index (χ4n) is 2.92. The van der Waals surface area contributed by atoms with Crippen LogP contribution in [0.5, 0.6) is 0 Å². The van der Waals surface area contributed by atoms with Crippen molar-refractivity contribution in [3.8, 4) is 0 Å². The second-order valence-corrected chi connectivity index (χ2v) is 21.3. The second-order valence-electron chi connectivity index (χ2n) is 11.8. The predicted octanol–water partition coefficient (Wildman–Crippen LogP) is 7.81. The van der Waals surface area contributed by atoms with Gasteiger partial charge in [-0.1, -0.05) is 84.5 Å². The molecular formula is C27H46O4Si2. The summed E-state index contributed by atoms with van der Waals surface area (Å²) in [6.07, 6.45) is 2.02. The molecule has 186 valence electrons. The van der Waals surface area contributed by atoms with E-state index in [1.54, 1.807) is 6.08 Å². The van der Waals surface area contributed by atoms with Crippen molar-refractivity contribution in [3.63, 3.8) is 0 Å². The van der Waals surface area contributed by atoms with E-state index in [1.807, 2.05) is 18.2 Å². The average Bonchev–Trinajstić information content (AvgIpc) is 2.69.